The van der Waals surface area contributed by atoms with Crippen LogP contribution in [0.15, 0.2) is 91.0 Å². The maximum absolute atomic E-state index is 13.8. The molecule has 2 heterocycles. The zero-order valence-electron chi connectivity index (χ0n) is 43.1. The fourth-order valence-corrected chi connectivity index (χ4v) is 10.6. The first kappa shape index (κ1) is 58.5. The quantitative estimate of drug-likeness (QED) is 0.0671. The van der Waals surface area contributed by atoms with Crippen LogP contribution in [0, 0.1) is 25.5 Å². The van der Waals surface area contributed by atoms with Crippen molar-refractivity contribution in [3.05, 3.63) is 136 Å². The third kappa shape index (κ3) is 15.3. The average Bonchev–Trinajstić information content (AvgIpc) is 3.87. The molecule has 8 amide bonds. The molecular weight excluding hydrogens is 995 g/mol. The van der Waals surface area contributed by atoms with E-state index in [1.807, 2.05) is 108 Å². The highest BCUT2D eigenvalue weighted by Gasteiger charge is 2.51. The number of aryl methyl sites for hydroxylation is 2. The maximum atomic E-state index is 13.8. The Bertz CT molecular complexity index is 2640. The highest BCUT2D eigenvalue weighted by molar-refractivity contribution is 8.01. The second kappa shape index (κ2) is 26.2. The van der Waals surface area contributed by atoms with Gasteiger partial charge >= 0.3 is 12.1 Å². The number of aliphatic hydroxyl groups is 2. The number of carbonyl (C=O) groups is 6. The van der Waals surface area contributed by atoms with Gasteiger partial charge in [-0.25, -0.2) is 18.4 Å². The third-order valence-corrected chi connectivity index (χ3v) is 15.6. The molecule has 8 N–H and O–H groups in total. The first-order chi connectivity index (χ1) is 34.9. The summed E-state index contributed by atoms with van der Waals surface area (Å²) in [7, 11) is 1.55. The van der Waals surface area contributed by atoms with Crippen LogP contribution in [0.3, 0.4) is 0 Å². The van der Waals surface area contributed by atoms with Crippen LogP contribution in [0.1, 0.15) is 74.9 Å². The number of nitrogens with zero attached hydrogens (tertiary/aromatic N) is 2. The molecule has 2 aliphatic rings. The van der Waals surface area contributed by atoms with Crippen molar-refractivity contribution in [2.75, 3.05) is 18.9 Å². The predicted molar refractivity (Wildman–Crippen MR) is 281 cm³/mol. The Hall–Kier alpha value is -6.42. The number of hydrogen-bond donors (Lipinski definition) is 8. The van der Waals surface area contributed by atoms with Gasteiger partial charge in [0.05, 0.1) is 30.9 Å². The zero-order chi connectivity index (χ0) is 54.5. The Morgan fingerprint density at radius 1 is 0.608 bits per heavy atom. The lowest BCUT2D eigenvalue weighted by Crippen LogP contribution is -2.58. The first-order valence-electron chi connectivity index (χ1n) is 24.0. The maximum Gasteiger partial charge on any atom is 0.315 e. The fourth-order valence-electron chi connectivity index (χ4n) is 8.31. The van der Waals surface area contributed by atoms with Gasteiger partial charge in [-0.2, -0.15) is 0 Å². The number of urea groups is 2. The van der Waals surface area contributed by atoms with E-state index in [0.29, 0.717) is 24.9 Å². The minimum atomic E-state index is -1.62. The molecule has 0 saturated carbocycles. The Balaban J connectivity index is 0.000000274. The molecule has 2 aliphatic heterocycles. The number of hydrogen-bond acceptors (Lipinski definition) is 11. The van der Waals surface area contributed by atoms with Crippen molar-refractivity contribution in [3.8, 4) is 5.75 Å². The number of halogens is 2. The summed E-state index contributed by atoms with van der Waals surface area (Å²) in [5, 5.41) is 37.5. The standard InChI is InChI=1S/C27H36N4O5S.C26H32F2N4O4S/c1-17-10-6-7-11-19(17)14-28-24(33)23-27(3,4)37-16-31(23)25(34)22(32)18(2)30-26(35)29-15-20-12-8-9-13-21(20)36-5;1-15-7-5-6-8-17(15)12-29-23(34)22-26(3,4)37-14-32(22)24(35)21(33)16(2)31-25(36)30-13-18-9-10-19(27)11-20(18)28/h6-13,18,22-23,32H,14-16H2,1-5H3,(H,28,33)(H2,29,30,35);5-11,16,21-22,33H,12-14H2,1-4H3,(H,29,34)(H2,30,31,36). The largest absolute Gasteiger partial charge is 0.496 e. The van der Waals surface area contributed by atoms with Gasteiger partial charge in [-0.15, -0.1) is 23.5 Å². The number of benzene rings is 4. The predicted octanol–water partition coefficient (Wildman–Crippen LogP) is 5.37. The van der Waals surface area contributed by atoms with Crippen LogP contribution in [-0.4, -0.2) is 120 Å². The van der Waals surface area contributed by atoms with Crippen molar-refractivity contribution in [2.24, 2.45) is 0 Å². The number of carbonyl (C=O) groups excluding carboxylic acids is 6. The number of rotatable bonds is 17. The normalized spacial score (nSPS) is 18.1. The van der Waals surface area contributed by atoms with Gasteiger partial charge in [0.25, 0.3) is 11.8 Å². The van der Waals surface area contributed by atoms with Gasteiger partial charge in [-0.1, -0.05) is 72.8 Å². The second-order valence-electron chi connectivity index (χ2n) is 19.1. The lowest BCUT2D eigenvalue weighted by Gasteiger charge is -2.32. The molecular formula is C53H68F2N8O9S2. The molecule has 0 radical (unpaired) electrons. The van der Waals surface area contributed by atoms with Gasteiger partial charge in [0.1, 0.15) is 29.5 Å². The molecule has 6 rings (SSSR count). The number of amides is 8. The highest BCUT2D eigenvalue weighted by Crippen LogP contribution is 2.41. The van der Waals surface area contributed by atoms with E-state index < -0.39 is 81.4 Å². The van der Waals surface area contributed by atoms with Gasteiger partial charge in [-0.05, 0) is 89.8 Å². The van der Waals surface area contributed by atoms with Crippen molar-refractivity contribution < 1.29 is 52.5 Å². The summed E-state index contributed by atoms with van der Waals surface area (Å²) >= 11 is 2.89. The van der Waals surface area contributed by atoms with Crippen molar-refractivity contribution in [1.29, 1.82) is 0 Å². The number of para-hydroxylation sites is 1. The minimum absolute atomic E-state index is 0.0803. The molecule has 6 unspecified atom stereocenters. The van der Waals surface area contributed by atoms with Crippen LogP contribution in [0.2, 0.25) is 0 Å². The van der Waals surface area contributed by atoms with Crippen molar-refractivity contribution in [1.82, 2.24) is 41.7 Å². The van der Waals surface area contributed by atoms with Crippen LogP contribution in [0.4, 0.5) is 18.4 Å². The summed E-state index contributed by atoms with van der Waals surface area (Å²) in [5.41, 5.74) is 4.93. The smallest absolute Gasteiger partial charge is 0.315 e. The molecule has 0 spiro atoms. The Morgan fingerprint density at radius 3 is 1.42 bits per heavy atom. The fraction of sp³-hybridized carbons (Fsp3) is 0.434. The van der Waals surface area contributed by atoms with Crippen molar-refractivity contribution >= 4 is 59.2 Å². The summed E-state index contributed by atoms with van der Waals surface area (Å²) < 4.78 is 30.9. The van der Waals surface area contributed by atoms with Crippen molar-refractivity contribution in [2.45, 2.75) is 127 Å². The Labute approximate surface area is 439 Å². The molecule has 0 bridgehead atoms. The SMILES string of the molecule is COc1ccccc1CNC(=O)NC(C)C(O)C(=O)N1CSC(C)(C)C1C(=O)NCc1ccccc1C.Cc1ccccc1CNC(=O)C1N(C(=O)C(O)C(C)NC(=O)NCc2ccc(F)cc2F)CSC1(C)C. The van der Waals surface area contributed by atoms with Gasteiger partial charge in [0.2, 0.25) is 11.8 Å². The molecule has 4 aromatic rings. The van der Waals surface area contributed by atoms with E-state index in [1.54, 1.807) is 20.1 Å². The van der Waals surface area contributed by atoms with Crippen LogP contribution < -0.4 is 36.6 Å². The lowest BCUT2D eigenvalue weighted by atomic mass is 9.99. The summed E-state index contributed by atoms with van der Waals surface area (Å²) in [4.78, 5) is 80.2. The third-order valence-electron chi connectivity index (χ3n) is 12.8. The Kier molecular flexibility index (Phi) is 20.7. The van der Waals surface area contributed by atoms with Gasteiger partial charge < -0.3 is 56.7 Å². The lowest BCUT2D eigenvalue weighted by molar-refractivity contribution is -0.147. The molecule has 0 aliphatic carbocycles. The molecule has 2 fully saturated rings. The highest BCUT2D eigenvalue weighted by atomic mass is 32.2. The molecule has 74 heavy (non-hydrogen) atoms. The van der Waals surface area contributed by atoms with E-state index in [1.165, 1.54) is 46.3 Å². The first-order valence-corrected chi connectivity index (χ1v) is 26.0. The molecule has 4 aromatic carbocycles. The summed E-state index contributed by atoms with van der Waals surface area (Å²) in [6.07, 6.45) is -3.13. The molecule has 6 atom stereocenters. The van der Waals surface area contributed by atoms with Crippen LogP contribution in [0.5, 0.6) is 5.75 Å². The van der Waals surface area contributed by atoms with Crippen LogP contribution >= 0.6 is 23.5 Å². The molecule has 17 nitrogen and oxygen atoms in total. The van der Waals surface area contributed by atoms with E-state index >= 15 is 0 Å². The van der Waals surface area contributed by atoms with E-state index in [9.17, 15) is 47.8 Å². The summed E-state index contributed by atoms with van der Waals surface area (Å²) in [6, 6.07) is 21.0. The van der Waals surface area contributed by atoms with Gasteiger partial charge in [0, 0.05) is 52.9 Å². The second-order valence-corrected chi connectivity index (χ2v) is 22.3. The van der Waals surface area contributed by atoms with Gasteiger partial charge in [0.15, 0.2) is 12.2 Å². The average molecular weight is 1060 g/mol. The van der Waals surface area contributed by atoms with Crippen LogP contribution in [-0.2, 0) is 45.4 Å². The number of aliphatic hydroxyl groups excluding tert-OH is 2. The zero-order valence-corrected chi connectivity index (χ0v) is 44.7. The van der Waals surface area contributed by atoms with E-state index in [0.717, 1.165) is 33.9 Å². The monoisotopic (exact) mass is 1060 g/mol. The van der Waals surface area contributed by atoms with E-state index in [2.05, 4.69) is 31.9 Å². The van der Waals surface area contributed by atoms with E-state index in [4.69, 9.17) is 4.74 Å². The number of ether oxygens (including phenoxy) is 1. The number of nitrogens with one attached hydrogen (secondary N) is 6. The number of thioether (sulfide) groups is 2. The molecule has 0 aromatic heterocycles. The van der Waals surface area contributed by atoms with Crippen LogP contribution in [0.25, 0.3) is 0 Å². The van der Waals surface area contributed by atoms with E-state index in [-0.39, 0.29) is 42.2 Å². The Morgan fingerprint density at radius 2 is 1.00 bits per heavy atom. The minimum Gasteiger partial charge on any atom is -0.496 e. The molecule has 21 heteroatoms. The molecule has 2 saturated heterocycles. The molecule has 400 valence electrons. The van der Waals surface area contributed by atoms with Gasteiger partial charge in [-0.3, -0.25) is 19.2 Å². The summed E-state index contributed by atoms with van der Waals surface area (Å²) in [6.45, 7) is 15.1. The van der Waals surface area contributed by atoms with Crippen molar-refractivity contribution in [3.63, 3.8) is 0 Å². The topological polar surface area (TPSA) is 231 Å². The summed E-state index contributed by atoms with van der Waals surface area (Å²) in [5.74, 6) is -2.33. The number of methoxy groups -OCH3 is 1.